The lowest BCUT2D eigenvalue weighted by atomic mass is 9.98. The number of hydrogen-bond acceptors (Lipinski definition) is 2. The van der Waals surface area contributed by atoms with Crippen LogP contribution < -0.4 is 5.56 Å². The van der Waals surface area contributed by atoms with E-state index in [1.807, 2.05) is 0 Å². The van der Waals surface area contributed by atoms with Crippen LogP contribution in [-0.2, 0) is 11.0 Å². The Morgan fingerprint density at radius 1 is 1.33 bits per heavy atom. The number of halogens is 4. The normalized spacial score (nSPS) is 17.9. The molecule has 1 saturated carbocycles. The van der Waals surface area contributed by atoms with E-state index in [2.05, 4.69) is 0 Å². The van der Waals surface area contributed by atoms with Gasteiger partial charge in [0.15, 0.2) is 0 Å². The summed E-state index contributed by atoms with van der Waals surface area (Å²) < 4.78 is 39.0. The molecule has 116 valence electrons. The van der Waals surface area contributed by atoms with Gasteiger partial charge in [-0.25, -0.2) is 0 Å². The van der Waals surface area contributed by atoms with Gasteiger partial charge in [-0.3, -0.25) is 9.59 Å². The van der Waals surface area contributed by atoms with Crippen molar-refractivity contribution in [2.45, 2.75) is 44.3 Å². The van der Waals surface area contributed by atoms with Crippen molar-refractivity contribution >= 4 is 16.8 Å². The molecule has 0 aliphatic heterocycles. The van der Waals surface area contributed by atoms with Gasteiger partial charge in [0.2, 0.25) is 5.24 Å². The number of nitrogens with zero attached hydrogens (tertiary/aromatic N) is 1. The summed E-state index contributed by atoms with van der Waals surface area (Å²) in [6.07, 6.45) is 0.313. The lowest BCUT2D eigenvalue weighted by Crippen LogP contribution is -2.29. The molecule has 0 amide bonds. The zero-order valence-corrected chi connectivity index (χ0v) is 12.0. The summed E-state index contributed by atoms with van der Waals surface area (Å²) in [5.74, 6) is 0.221. The van der Waals surface area contributed by atoms with E-state index >= 15 is 0 Å². The number of alkyl halides is 3. The number of pyridine rings is 1. The molecule has 3 nitrogen and oxygen atoms in total. The van der Waals surface area contributed by atoms with Gasteiger partial charge in [0.1, 0.15) is 6.04 Å². The van der Waals surface area contributed by atoms with E-state index in [0.29, 0.717) is 18.7 Å². The number of carbonyl (C=O) groups excluding carboxylic acids is 1. The standard InChI is InChI=1S/C14H15ClF3NO2/c15-13(21)11(7-9-3-1-2-4-9)19-8-10(14(16,17)18)5-6-12(19)20/h5-6,8-9,11H,1-4,7H2/t11-/m0/s1. The summed E-state index contributed by atoms with van der Waals surface area (Å²) in [5, 5.41) is -0.802. The second-order valence-electron chi connectivity index (χ2n) is 5.37. The smallest absolute Gasteiger partial charge is 0.303 e. The first-order chi connectivity index (χ1) is 9.79. The molecule has 0 unspecified atom stereocenters. The van der Waals surface area contributed by atoms with Crippen LogP contribution in [0.5, 0.6) is 0 Å². The molecule has 1 aliphatic rings. The minimum absolute atomic E-state index is 0.221. The highest BCUT2D eigenvalue weighted by atomic mass is 35.5. The Morgan fingerprint density at radius 2 is 1.95 bits per heavy atom. The minimum atomic E-state index is -4.57. The van der Waals surface area contributed by atoms with Crippen molar-refractivity contribution in [3.05, 3.63) is 34.2 Å². The van der Waals surface area contributed by atoms with Crippen LogP contribution in [0.25, 0.3) is 0 Å². The Kier molecular flexibility index (Phi) is 4.76. The summed E-state index contributed by atoms with van der Waals surface area (Å²) >= 11 is 5.52. The van der Waals surface area contributed by atoms with Crippen LogP contribution in [0.15, 0.2) is 23.1 Å². The first-order valence-electron chi connectivity index (χ1n) is 6.78. The second-order valence-corrected chi connectivity index (χ2v) is 5.74. The zero-order chi connectivity index (χ0) is 15.6. The molecule has 0 radical (unpaired) electrons. The van der Waals surface area contributed by atoms with Crippen LogP contribution in [0.3, 0.4) is 0 Å². The third-order valence-corrected chi connectivity index (χ3v) is 4.15. The average molecular weight is 322 g/mol. The molecule has 1 aromatic heterocycles. The summed E-state index contributed by atoms with van der Waals surface area (Å²) in [4.78, 5) is 23.4. The van der Waals surface area contributed by atoms with Crippen molar-refractivity contribution in [1.29, 1.82) is 0 Å². The van der Waals surface area contributed by atoms with Gasteiger partial charge < -0.3 is 4.57 Å². The molecule has 7 heteroatoms. The molecule has 1 atom stereocenters. The highest BCUT2D eigenvalue weighted by Crippen LogP contribution is 2.33. The molecule has 0 bridgehead atoms. The zero-order valence-electron chi connectivity index (χ0n) is 11.2. The predicted octanol–water partition coefficient (Wildman–Crippen LogP) is 3.75. The van der Waals surface area contributed by atoms with Crippen molar-refractivity contribution in [3.63, 3.8) is 0 Å². The minimum Gasteiger partial charge on any atom is -0.303 e. The van der Waals surface area contributed by atoms with Gasteiger partial charge in [-0.2, -0.15) is 13.2 Å². The maximum absolute atomic E-state index is 12.7. The fourth-order valence-corrected chi connectivity index (χ4v) is 2.99. The third-order valence-electron chi connectivity index (χ3n) is 3.89. The third kappa shape index (κ3) is 3.87. The van der Waals surface area contributed by atoms with Crippen LogP contribution in [0.2, 0.25) is 0 Å². The largest absolute Gasteiger partial charge is 0.417 e. The maximum Gasteiger partial charge on any atom is 0.417 e. The number of rotatable bonds is 4. The van der Waals surface area contributed by atoms with Gasteiger partial charge >= 0.3 is 6.18 Å². The highest BCUT2D eigenvalue weighted by molar-refractivity contribution is 6.64. The molecule has 0 saturated heterocycles. The van der Waals surface area contributed by atoms with E-state index in [9.17, 15) is 22.8 Å². The van der Waals surface area contributed by atoms with E-state index in [1.165, 1.54) is 0 Å². The lowest BCUT2D eigenvalue weighted by Gasteiger charge is -2.20. The Hall–Kier alpha value is -1.30. The first kappa shape index (κ1) is 16.1. The maximum atomic E-state index is 12.7. The van der Waals surface area contributed by atoms with Crippen LogP contribution in [0, 0.1) is 5.92 Å². The second kappa shape index (κ2) is 6.22. The molecule has 1 fully saturated rings. The number of carbonyl (C=O) groups is 1. The highest BCUT2D eigenvalue weighted by Gasteiger charge is 2.33. The van der Waals surface area contributed by atoms with Crippen LogP contribution >= 0.6 is 11.6 Å². The number of hydrogen-bond donors (Lipinski definition) is 0. The summed E-state index contributed by atoms with van der Waals surface area (Å²) in [6.45, 7) is 0. The van der Waals surface area contributed by atoms with E-state index in [4.69, 9.17) is 11.6 Å². The van der Waals surface area contributed by atoms with Gasteiger partial charge in [0.05, 0.1) is 5.56 Å². The Labute approximate surface area is 124 Å². The monoisotopic (exact) mass is 321 g/mol. The summed E-state index contributed by atoms with van der Waals surface area (Å²) in [7, 11) is 0. The van der Waals surface area contributed by atoms with Crippen LogP contribution in [0.1, 0.15) is 43.7 Å². The Balaban J connectivity index is 2.35. The average Bonchev–Trinajstić information content (AvgIpc) is 2.88. The quantitative estimate of drug-likeness (QED) is 0.792. The lowest BCUT2D eigenvalue weighted by molar-refractivity contribution is -0.138. The molecule has 0 spiro atoms. The van der Waals surface area contributed by atoms with Gasteiger partial charge in [0, 0.05) is 12.3 Å². The fraction of sp³-hybridized carbons (Fsp3) is 0.571. The van der Waals surface area contributed by atoms with E-state index in [0.717, 1.165) is 36.3 Å². The summed E-state index contributed by atoms with van der Waals surface area (Å²) in [6, 6.07) is 0.499. The molecular weight excluding hydrogens is 307 g/mol. The van der Waals surface area contributed by atoms with E-state index in [-0.39, 0.29) is 5.92 Å². The van der Waals surface area contributed by atoms with E-state index in [1.54, 1.807) is 0 Å². The summed E-state index contributed by atoms with van der Waals surface area (Å²) in [5.41, 5.74) is -1.61. The molecule has 1 aliphatic carbocycles. The van der Waals surface area contributed by atoms with Crippen LogP contribution in [0.4, 0.5) is 13.2 Å². The fourth-order valence-electron chi connectivity index (χ4n) is 2.79. The topological polar surface area (TPSA) is 39.1 Å². The molecule has 0 aromatic carbocycles. The SMILES string of the molecule is O=C(Cl)[C@H](CC1CCCC1)n1cc(C(F)(F)F)ccc1=O. The molecule has 2 rings (SSSR count). The van der Waals surface area contributed by atoms with Gasteiger partial charge in [0.25, 0.3) is 5.56 Å². The van der Waals surface area contributed by atoms with E-state index < -0.39 is 28.6 Å². The number of aromatic nitrogens is 1. The van der Waals surface area contributed by atoms with Crippen molar-refractivity contribution in [2.75, 3.05) is 0 Å². The predicted molar refractivity (Wildman–Crippen MR) is 72.2 cm³/mol. The van der Waals surface area contributed by atoms with Crippen molar-refractivity contribution < 1.29 is 18.0 Å². The Morgan fingerprint density at radius 3 is 2.48 bits per heavy atom. The van der Waals surface area contributed by atoms with Crippen molar-refractivity contribution in [2.24, 2.45) is 5.92 Å². The molecule has 21 heavy (non-hydrogen) atoms. The molecular formula is C14H15ClF3NO2. The van der Waals surface area contributed by atoms with Crippen molar-refractivity contribution in [1.82, 2.24) is 4.57 Å². The molecule has 0 N–H and O–H groups in total. The van der Waals surface area contributed by atoms with Gasteiger partial charge in [-0.15, -0.1) is 0 Å². The van der Waals surface area contributed by atoms with Crippen molar-refractivity contribution in [3.8, 4) is 0 Å². The first-order valence-corrected chi connectivity index (χ1v) is 7.15. The molecule has 1 aromatic rings. The van der Waals surface area contributed by atoms with Gasteiger partial charge in [-0.05, 0) is 30.0 Å². The van der Waals surface area contributed by atoms with Gasteiger partial charge in [-0.1, -0.05) is 25.7 Å². The van der Waals surface area contributed by atoms with Crippen LogP contribution in [-0.4, -0.2) is 9.81 Å². The Bertz CT molecular complexity index is 576. The molecule has 1 heterocycles.